The molecule has 118 valence electrons. The molecule has 0 saturated carbocycles. The van der Waals surface area contributed by atoms with E-state index in [-0.39, 0.29) is 5.91 Å². The van der Waals surface area contributed by atoms with Gasteiger partial charge in [0.2, 0.25) is 5.13 Å². The molecule has 0 N–H and O–H groups in total. The molecule has 1 aliphatic heterocycles. The summed E-state index contributed by atoms with van der Waals surface area (Å²) in [4.78, 5) is 23.7. The van der Waals surface area contributed by atoms with Crippen LogP contribution in [0, 0.1) is 6.92 Å². The predicted octanol–water partition coefficient (Wildman–Crippen LogP) is 4.73. The van der Waals surface area contributed by atoms with Crippen LogP contribution in [0.4, 0.5) is 5.13 Å². The normalized spacial score (nSPS) is 18.4. The molecule has 1 fully saturated rings. The van der Waals surface area contributed by atoms with Crippen LogP contribution in [0.3, 0.4) is 0 Å². The lowest BCUT2D eigenvalue weighted by Gasteiger charge is -2.11. The van der Waals surface area contributed by atoms with Crippen molar-refractivity contribution in [2.45, 2.75) is 13.8 Å². The lowest BCUT2D eigenvalue weighted by molar-refractivity contribution is -0.122. The summed E-state index contributed by atoms with van der Waals surface area (Å²) in [5.41, 5.74) is 1.87. The molecule has 0 radical (unpaired) electrons. The molecule has 0 bridgehead atoms. The quantitative estimate of drug-likeness (QED) is 0.740. The molecule has 23 heavy (non-hydrogen) atoms. The molecule has 2 aromatic rings. The van der Waals surface area contributed by atoms with Gasteiger partial charge in [-0.25, -0.2) is 4.98 Å². The van der Waals surface area contributed by atoms with Crippen molar-refractivity contribution in [1.29, 1.82) is 0 Å². The van der Waals surface area contributed by atoms with E-state index in [2.05, 4.69) is 9.98 Å². The number of amides is 1. The Hall–Kier alpha value is -1.63. The molecule has 1 amide bonds. The molecule has 7 heteroatoms. The first-order valence-corrected chi connectivity index (χ1v) is 9.12. The Bertz CT molecular complexity index is 796. The Morgan fingerprint density at radius 3 is 2.70 bits per heavy atom. The van der Waals surface area contributed by atoms with Crippen LogP contribution in [-0.4, -0.2) is 27.5 Å². The van der Waals surface area contributed by atoms with Gasteiger partial charge in [-0.3, -0.25) is 9.69 Å². The van der Waals surface area contributed by atoms with E-state index < -0.39 is 0 Å². The minimum atomic E-state index is -0.0283. The van der Waals surface area contributed by atoms with Crippen molar-refractivity contribution in [3.05, 3.63) is 50.8 Å². The highest BCUT2D eigenvalue weighted by molar-refractivity contribution is 8.18. The number of hydrogen-bond acceptors (Lipinski definition) is 5. The molecule has 4 nitrogen and oxygen atoms in total. The van der Waals surface area contributed by atoms with E-state index in [4.69, 9.17) is 11.6 Å². The number of likely N-dealkylation sites (N-methyl/N-ethyl adjacent to an activating group) is 1. The molecule has 2 heterocycles. The number of thiazole rings is 1. The Balaban J connectivity index is 1.91. The summed E-state index contributed by atoms with van der Waals surface area (Å²) < 4.78 is 0. The summed E-state index contributed by atoms with van der Waals surface area (Å²) in [7, 11) is 0. The third-order valence-electron chi connectivity index (χ3n) is 3.17. The van der Waals surface area contributed by atoms with Crippen molar-refractivity contribution in [3.63, 3.8) is 0 Å². The highest BCUT2D eigenvalue weighted by Crippen LogP contribution is 2.34. The molecule has 1 saturated heterocycles. The van der Waals surface area contributed by atoms with Gasteiger partial charge in [0.1, 0.15) is 0 Å². The van der Waals surface area contributed by atoms with E-state index in [1.54, 1.807) is 4.90 Å². The third-order valence-corrected chi connectivity index (χ3v) is 5.28. The van der Waals surface area contributed by atoms with Gasteiger partial charge in [-0.15, -0.1) is 11.3 Å². The first kappa shape index (κ1) is 16.2. The second kappa shape index (κ2) is 6.86. The lowest BCUT2D eigenvalue weighted by atomic mass is 10.2. The lowest BCUT2D eigenvalue weighted by Crippen LogP contribution is -2.28. The standard InChI is InChI=1S/C16H14ClN3OS2/c1-3-20-14(21)13(8-11-4-6-12(17)7-5-11)23-16(20)19-15-18-10(2)9-22-15/h4-9H,3H2,1-2H3/b13-8-,19-16+. The van der Waals surface area contributed by atoms with Crippen LogP contribution in [0.1, 0.15) is 18.2 Å². The van der Waals surface area contributed by atoms with Crippen LogP contribution in [0.5, 0.6) is 0 Å². The van der Waals surface area contributed by atoms with Crippen molar-refractivity contribution >= 4 is 57.0 Å². The number of hydrogen-bond donors (Lipinski definition) is 0. The highest BCUT2D eigenvalue weighted by Gasteiger charge is 2.32. The maximum absolute atomic E-state index is 12.5. The van der Waals surface area contributed by atoms with Gasteiger partial charge < -0.3 is 0 Å². The fourth-order valence-corrected chi connectivity index (χ4v) is 3.95. The number of amidine groups is 1. The first-order valence-electron chi connectivity index (χ1n) is 7.04. The van der Waals surface area contributed by atoms with Crippen molar-refractivity contribution in [1.82, 2.24) is 9.88 Å². The Labute approximate surface area is 147 Å². The maximum Gasteiger partial charge on any atom is 0.266 e. The summed E-state index contributed by atoms with van der Waals surface area (Å²) in [5, 5.41) is 3.96. The van der Waals surface area contributed by atoms with Crippen molar-refractivity contribution < 1.29 is 4.79 Å². The maximum atomic E-state index is 12.5. The van der Waals surface area contributed by atoms with E-state index in [1.165, 1.54) is 23.1 Å². The van der Waals surface area contributed by atoms with Crippen LogP contribution in [0.15, 0.2) is 39.5 Å². The summed E-state index contributed by atoms with van der Waals surface area (Å²) >= 11 is 8.74. The molecule has 0 unspecified atom stereocenters. The van der Waals surface area contributed by atoms with Gasteiger partial charge in [-0.1, -0.05) is 23.7 Å². The number of benzene rings is 1. The zero-order chi connectivity index (χ0) is 16.4. The highest BCUT2D eigenvalue weighted by atomic mass is 35.5. The molecule has 1 aliphatic rings. The number of halogens is 1. The van der Waals surface area contributed by atoms with E-state index in [0.29, 0.717) is 26.8 Å². The molecule has 0 aliphatic carbocycles. The summed E-state index contributed by atoms with van der Waals surface area (Å²) in [6, 6.07) is 7.39. The molecule has 1 aromatic heterocycles. The number of carbonyl (C=O) groups excluding carboxylic acids is 1. The Morgan fingerprint density at radius 2 is 2.09 bits per heavy atom. The van der Waals surface area contributed by atoms with Crippen molar-refractivity contribution in [3.8, 4) is 0 Å². The second-order valence-corrected chi connectivity index (χ2v) is 7.16. The van der Waals surface area contributed by atoms with Gasteiger partial charge >= 0.3 is 0 Å². The predicted molar refractivity (Wildman–Crippen MR) is 98.4 cm³/mol. The largest absolute Gasteiger partial charge is 0.287 e. The SMILES string of the molecule is CCN1C(=O)/C(=C/c2ccc(Cl)cc2)S/C1=N/c1nc(C)cs1. The van der Waals surface area contributed by atoms with Gasteiger partial charge in [0.05, 0.1) is 10.6 Å². The molecular formula is C16H14ClN3OS2. The fraction of sp³-hybridized carbons (Fsp3) is 0.188. The molecule has 0 atom stereocenters. The van der Waals surface area contributed by atoms with Gasteiger partial charge in [-0.05, 0) is 49.4 Å². The zero-order valence-electron chi connectivity index (χ0n) is 12.6. The zero-order valence-corrected chi connectivity index (χ0v) is 15.0. The number of aliphatic imine (C=N–C) groups is 1. The van der Waals surface area contributed by atoms with E-state index in [9.17, 15) is 4.79 Å². The van der Waals surface area contributed by atoms with Gasteiger partial charge in [0.25, 0.3) is 5.91 Å². The Kier molecular flexibility index (Phi) is 4.84. The third kappa shape index (κ3) is 3.65. The van der Waals surface area contributed by atoms with Gasteiger partial charge in [0, 0.05) is 16.9 Å². The molecule has 1 aromatic carbocycles. The summed E-state index contributed by atoms with van der Waals surface area (Å²) in [5.74, 6) is -0.0283. The number of thioether (sulfide) groups is 1. The van der Waals surface area contributed by atoms with Crippen LogP contribution in [-0.2, 0) is 4.79 Å². The average molecular weight is 364 g/mol. The first-order chi connectivity index (χ1) is 11.1. The van der Waals surface area contributed by atoms with Crippen LogP contribution in [0.25, 0.3) is 6.08 Å². The minimum absolute atomic E-state index is 0.0283. The van der Waals surface area contributed by atoms with Crippen molar-refractivity contribution in [2.24, 2.45) is 4.99 Å². The molecular weight excluding hydrogens is 350 g/mol. The van der Waals surface area contributed by atoms with E-state index in [1.807, 2.05) is 49.6 Å². The number of carbonyl (C=O) groups is 1. The molecule has 0 spiro atoms. The monoisotopic (exact) mass is 363 g/mol. The number of nitrogens with zero attached hydrogens (tertiary/aromatic N) is 3. The van der Waals surface area contributed by atoms with Gasteiger partial charge in [0.15, 0.2) is 5.17 Å². The van der Waals surface area contributed by atoms with Crippen LogP contribution >= 0.6 is 34.7 Å². The summed E-state index contributed by atoms with van der Waals surface area (Å²) in [6.07, 6.45) is 1.86. The second-order valence-electron chi connectivity index (χ2n) is 4.88. The molecule has 3 rings (SSSR count). The van der Waals surface area contributed by atoms with Crippen LogP contribution in [0.2, 0.25) is 5.02 Å². The smallest absolute Gasteiger partial charge is 0.266 e. The Morgan fingerprint density at radius 1 is 1.35 bits per heavy atom. The van der Waals surface area contributed by atoms with Crippen molar-refractivity contribution in [2.75, 3.05) is 6.54 Å². The number of aromatic nitrogens is 1. The summed E-state index contributed by atoms with van der Waals surface area (Å²) in [6.45, 7) is 4.44. The topological polar surface area (TPSA) is 45.6 Å². The van der Waals surface area contributed by atoms with Gasteiger partial charge in [-0.2, -0.15) is 4.99 Å². The number of rotatable bonds is 3. The van der Waals surface area contributed by atoms with E-state index in [0.717, 1.165) is 11.3 Å². The average Bonchev–Trinajstić information content (AvgIpc) is 3.06. The van der Waals surface area contributed by atoms with E-state index >= 15 is 0 Å². The minimum Gasteiger partial charge on any atom is -0.287 e. The van der Waals surface area contributed by atoms with Crippen LogP contribution < -0.4 is 0 Å². The number of aryl methyl sites for hydroxylation is 1. The fourth-order valence-electron chi connectivity index (χ4n) is 2.06.